The van der Waals surface area contributed by atoms with Gasteiger partial charge in [0, 0.05) is 64.4 Å². The molecule has 0 unspecified atom stereocenters. The van der Waals surface area contributed by atoms with Crippen LogP contribution in [0.2, 0.25) is 0 Å². The molecule has 0 atom stereocenters. The van der Waals surface area contributed by atoms with Gasteiger partial charge in [0.15, 0.2) is 7.28 Å². The van der Waals surface area contributed by atoms with Crippen molar-refractivity contribution in [3.8, 4) is 27.9 Å². The Bertz CT molecular complexity index is 3850. The van der Waals surface area contributed by atoms with Crippen LogP contribution in [0.25, 0.3) is 91.9 Å². The number of thiophene rings is 1. The molecular weight excluding hydrogens is 796 g/mol. The summed E-state index contributed by atoms with van der Waals surface area (Å²) in [5.74, 6) is 0. The molecule has 0 radical (unpaired) electrons. The number of anilines is 2. The second-order valence-corrected chi connectivity index (χ2v) is 21.5. The molecule has 0 amide bonds. The van der Waals surface area contributed by atoms with Gasteiger partial charge >= 0.3 is 0 Å². The van der Waals surface area contributed by atoms with Crippen LogP contribution in [0.4, 0.5) is 11.4 Å². The van der Waals surface area contributed by atoms with Crippen LogP contribution in [-0.2, 0) is 23.7 Å². The van der Waals surface area contributed by atoms with Gasteiger partial charge in [-0.15, -0.1) is 11.3 Å². The summed E-state index contributed by atoms with van der Waals surface area (Å²) >= 11 is 1.92. The van der Waals surface area contributed by atoms with E-state index in [-0.39, 0.29) is 10.8 Å². The molecule has 0 saturated carbocycles. The molecule has 11 aromatic rings. The van der Waals surface area contributed by atoms with Gasteiger partial charge in [-0.1, -0.05) is 113 Å². The molecule has 8 aromatic carbocycles. The molecule has 64 heavy (non-hydrogen) atoms. The summed E-state index contributed by atoms with van der Waals surface area (Å²) in [6, 6.07) is 51.0. The number of aryl methyl sites for hydroxylation is 2. The lowest BCUT2D eigenvalue weighted by Gasteiger charge is -2.27. The molecule has 4 heterocycles. The molecule has 308 valence electrons. The highest BCUT2D eigenvalue weighted by Crippen LogP contribution is 2.54. The standard InChI is InChI=1S/C59H47BN2OS/c1-58(2,3)34-22-24-35(25-23-34)61-46-29-39-36-16-8-11-19-43(36)59(4,5)44(39)28-41(46)52-53-38-18-9-12-20-49(38)63-57(53)54-42-26-32-14-6-7-15-33(32)27-47(42)62-48-30-40-37-17-10-13-21-50(37)64-51(40)31-45(48)60-55(52)56(54)62/h8-13,16-31,60-61H,6-7,14-15H2,1-5H3. The molecule has 0 saturated heterocycles. The molecule has 0 fully saturated rings. The summed E-state index contributed by atoms with van der Waals surface area (Å²) in [5, 5.41) is 11.7. The Balaban J connectivity index is 1.15. The third kappa shape index (κ3) is 4.99. The van der Waals surface area contributed by atoms with Crippen LogP contribution in [0.5, 0.6) is 0 Å². The molecule has 3 nitrogen and oxygen atoms in total. The summed E-state index contributed by atoms with van der Waals surface area (Å²) in [4.78, 5) is 0. The van der Waals surface area contributed by atoms with Crippen molar-refractivity contribution in [3.05, 3.63) is 161 Å². The highest BCUT2D eigenvalue weighted by molar-refractivity contribution is 7.26. The molecule has 0 bridgehead atoms. The fraction of sp³-hybridized carbons (Fsp3) is 0.186. The van der Waals surface area contributed by atoms with Crippen molar-refractivity contribution >= 4 is 105 Å². The summed E-state index contributed by atoms with van der Waals surface area (Å²) in [7, 11) is 0.817. The molecular formula is C59H47BN2OS. The van der Waals surface area contributed by atoms with Crippen LogP contribution < -0.4 is 16.2 Å². The maximum absolute atomic E-state index is 7.28. The smallest absolute Gasteiger partial charge is 0.198 e. The number of aromatic nitrogens is 1. The van der Waals surface area contributed by atoms with E-state index in [0.717, 1.165) is 42.7 Å². The lowest BCUT2D eigenvalue weighted by molar-refractivity contribution is 0.590. The van der Waals surface area contributed by atoms with Crippen LogP contribution in [0, 0.1) is 0 Å². The Labute approximate surface area is 377 Å². The molecule has 0 spiro atoms. The molecule has 1 aliphatic heterocycles. The van der Waals surface area contributed by atoms with Crippen LogP contribution in [-0.4, -0.2) is 11.8 Å². The number of furan rings is 1. The lowest BCUT2D eigenvalue weighted by Crippen LogP contribution is -2.37. The van der Waals surface area contributed by atoms with Gasteiger partial charge in [0.2, 0.25) is 0 Å². The van der Waals surface area contributed by atoms with Gasteiger partial charge in [0.1, 0.15) is 11.2 Å². The normalized spacial score (nSPS) is 15.0. The molecule has 1 N–H and O–H groups in total. The summed E-state index contributed by atoms with van der Waals surface area (Å²) in [5.41, 5.74) is 22.8. The zero-order valence-electron chi connectivity index (χ0n) is 37.0. The van der Waals surface area contributed by atoms with E-state index in [2.05, 4.69) is 178 Å². The number of fused-ring (bicyclic) bond motifs is 16. The van der Waals surface area contributed by atoms with Gasteiger partial charge in [-0.05, 0) is 142 Å². The quantitative estimate of drug-likeness (QED) is 0.180. The Hall–Kier alpha value is -6.56. The topological polar surface area (TPSA) is 30.1 Å². The SMILES string of the molecule is CC(C)(C)c1ccc(Nc2cc3c(cc2-c2c4c5c(c6cc7c(cc6n5-c5cc6c(cc5B4)sc4ccccc46)CCCC7)c4oc5ccccc5c24)C(C)(C)c2ccccc2-3)cc1. The number of para-hydroxylation sites is 1. The van der Waals surface area contributed by atoms with Crippen molar-refractivity contribution in [3.63, 3.8) is 0 Å². The van der Waals surface area contributed by atoms with E-state index >= 15 is 0 Å². The first-order chi connectivity index (χ1) is 31.1. The van der Waals surface area contributed by atoms with E-state index in [1.807, 2.05) is 11.3 Å². The number of rotatable bonds is 3. The summed E-state index contributed by atoms with van der Waals surface area (Å²) in [6.07, 6.45) is 4.74. The van der Waals surface area contributed by atoms with Crippen molar-refractivity contribution in [2.45, 2.75) is 71.1 Å². The highest BCUT2D eigenvalue weighted by atomic mass is 32.1. The van der Waals surface area contributed by atoms with E-state index in [4.69, 9.17) is 4.42 Å². The third-order valence-electron chi connectivity index (χ3n) is 15.3. The van der Waals surface area contributed by atoms with Gasteiger partial charge in [0.05, 0.1) is 16.4 Å². The summed E-state index contributed by atoms with van der Waals surface area (Å²) < 4.78 is 12.6. The van der Waals surface area contributed by atoms with Gasteiger partial charge < -0.3 is 14.3 Å². The van der Waals surface area contributed by atoms with Gasteiger partial charge in [-0.25, -0.2) is 0 Å². The molecule has 5 heteroatoms. The van der Waals surface area contributed by atoms with Crippen LogP contribution in [0.1, 0.15) is 75.3 Å². The minimum atomic E-state index is -0.181. The first kappa shape index (κ1) is 36.9. The van der Waals surface area contributed by atoms with Gasteiger partial charge in [-0.2, -0.15) is 0 Å². The molecule has 3 aromatic heterocycles. The first-order valence-electron chi connectivity index (χ1n) is 23.2. The zero-order chi connectivity index (χ0) is 42.8. The minimum absolute atomic E-state index is 0.0635. The lowest BCUT2D eigenvalue weighted by atomic mass is 9.58. The second kappa shape index (κ2) is 12.8. The van der Waals surface area contributed by atoms with Gasteiger partial charge in [0.25, 0.3) is 0 Å². The van der Waals surface area contributed by atoms with Crippen molar-refractivity contribution in [2.24, 2.45) is 0 Å². The number of hydrogen-bond donors (Lipinski definition) is 1. The Morgan fingerprint density at radius 3 is 2.23 bits per heavy atom. The average Bonchev–Trinajstić information content (AvgIpc) is 4.02. The molecule has 3 aliphatic rings. The fourth-order valence-corrected chi connectivity index (χ4v) is 13.3. The van der Waals surface area contributed by atoms with E-state index in [1.54, 1.807) is 0 Å². The van der Waals surface area contributed by atoms with Crippen LogP contribution in [0.15, 0.2) is 138 Å². The molecule has 2 aliphatic carbocycles. The monoisotopic (exact) mass is 842 g/mol. The first-order valence-corrected chi connectivity index (χ1v) is 24.0. The zero-order valence-corrected chi connectivity index (χ0v) is 37.8. The van der Waals surface area contributed by atoms with E-state index in [1.165, 1.54) is 132 Å². The van der Waals surface area contributed by atoms with E-state index in [0.29, 0.717) is 0 Å². The predicted molar refractivity (Wildman–Crippen MR) is 275 cm³/mol. The highest BCUT2D eigenvalue weighted by Gasteiger charge is 2.38. The predicted octanol–water partition coefficient (Wildman–Crippen LogP) is 14.6. The summed E-state index contributed by atoms with van der Waals surface area (Å²) in [6.45, 7) is 11.7. The second-order valence-electron chi connectivity index (χ2n) is 20.4. The van der Waals surface area contributed by atoms with Crippen molar-refractivity contribution in [2.75, 3.05) is 5.32 Å². The number of hydrogen-bond acceptors (Lipinski definition) is 3. The van der Waals surface area contributed by atoms with Crippen LogP contribution >= 0.6 is 11.3 Å². The minimum Gasteiger partial charge on any atom is -0.455 e. The fourth-order valence-electron chi connectivity index (χ4n) is 12.1. The Morgan fingerprint density at radius 1 is 0.656 bits per heavy atom. The number of benzene rings is 8. The maximum Gasteiger partial charge on any atom is 0.198 e. The number of nitrogens with zero attached hydrogens (tertiary/aromatic N) is 1. The Morgan fingerprint density at radius 2 is 1.41 bits per heavy atom. The Kier molecular flexibility index (Phi) is 7.37. The average molecular weight is 843 g/mol. The van der Waals surface area contributed by atoms with E-state index < -0.39 is 0 Å². The third-order valence-corrected chi connectivity index (χ3v) is 16.4. The van der Waals surface area contributed by atoms with Crippen molar-refractivity contribution in [1.29, 1.82) is 0 Å². The largest absolute Gasteiger partial charge is 0.455 e. The van der Waals surface area contributed by atoms with Crippen molar-refractivity contribution in [1.82, 2.24) is 4.57 Å². The van der Waals surface area contributed by atoms with Crippen LogP contribution in [0.3, 0.4) is 0 Å². The van der Waals surface area contributed by atoms with Crippen molar-refractivity contribution < 1.29 is 4.42 Å². The molecule has 14 rings (SSSR count). The number of nitrogens with one attached hydrogen (secondary N) is 1. The van der Waals surface area contributed by atoms with E-state index in [9.17, 15) is 0 Å². The maximum atomic E-state index is 7.28. The van der Waals surface area contributed by atoms with Gasteiger partial charge in [-0.3, -0.25) is 0 Å².